The number of hydrogen-bond acceptors (Lipinski definition) is 8. The number of nitrogens with one attached hydrogen (secondary N) is 2. The number of guanidine groups is 1. The number of hydrogen-bond donors (Lipinski definition) is 4. The molecule has 0 unspecified atom stereocenters. The van der Waals surface area contributed by atoms with Crippen LogP contribution in [-0.4, -0.2) is 69.6 Å². The van der Waals surface area contributed by atoms with Crippen LogP contribution in [0.3, 0.4) is 0 Å². The molecule has 1 aliphatic heterocycles. The van der Waals surface area contributed by atoms with Crippen LogP contribution in [0.2, 0.25) is 0 Å². The summed E-state index contributed by atoms with van der Waals surface area (Å²) in [4.78, 5) is 30.9. The van der Waals surface area contributed by atoms with E-state index >= 15 is 0 Å². The highest BCUT2D eigenvalue weighted by Crippen LogP contribution is 2.43. The van der Waals surface area contributed by atoms with Crippen LogP contribution < -0.4 is 26.2 Å². The number of carbonyl (C=O) groups is 2. The van der Waals surface area contributed by atoms with Crippen LogP contribution in [0.4, 0.5) is 4.79 Å². The lowest BCUT2D eigenvalue weighted by atomic mass is 9.92. The molecule has 1 aliphatic rings. The molecule has 2 aromatic rings. The number of benzene rings is 2. The lowest BCUT2D eigenvalue weighted by molar-refractivity contribution is -0.123. The Morgan fingerprint density at radius 3 is 2.43 bits per heavy atom. The standard InChI is InChI=1S/C33H50N6O6S/c1-21-22(2)28(23(3)25-17-33(6,7)45-27(21)25)46(42,43)38-30(35)36-16-12-15-26(34)29(40)37-19-32(4,5)20-39(8)31(41)44-18-24-13-10-9-11-14-24/h9-11,13-14,26H,12,15-20,34H2,1-8H3,(H,37,40)(H3,35,36,38)/t26-/m0/s1. The van der Waals surface area contributed by atoms with Crippen LogP contribution in [0.25, 0.3) is 0 Å². The Balaban J connectivity index is 1.45. The van der Waals surface area contributed by atoms with Gasteiger partial charge < -0.3 is 31.2 Å². The maximum atomic E-state index is 13.4. The second kappa shape index (κ2) is 14.7. The molecule has 46 heavy (non-hydrogen) atoms. The van der Waals surface area contributed by atoms with Crippen LogP contribution >= 0.6 is 0 Å². The van der Waals surface area contributed by atoms with Crippen molar-refractivity contribution in [3.05, 3.63) is 58.1 Å². The van der Waals surface area contributed by atoms with Crippen LogP contribution in [0.15, 0.2) is 40.2 Å². The van der Waals surface area contributed by atoms with E-state index in [1.54, 1.807) is 20.9 Å². The molecule has 0 radical (unpaired) electrons. The van der Waals surface area contributed by atoms with Gasteiger partial charge >= 0.3 is 6.09 Å². The minimum atomic E-state index is -4.00. The van der Waals surface area contributed by atoms with Gasteiger partial charge in [0.05, 0.1) is 10.9 Å². The maximum Gasteiger partial charge on any atom is 0.409 e. The Labute approximate surface area is 273 Å². The van der Waals surface area contributed by atoms with Gasteiger partial charge in [-0.25, -0.2) is 17.9 Å². The number of sulfonamides is 1. The number of carbonyl (C=O) groups excluding carboxylic acids is 2. The summed E-state index contributed by atoms with van der Waals surface area (Å²) in [5.41, 5.74) is 15.0. The van der Waals surface area contributed by atoms with E-state index in [-0.39, 0.29) is 29.9 Å². The van der Waals surface area contributed by atoms with Gasteiger partial charge in [0.1, 0.15) is 18.0 Å². The van der Waals surface area contributed by atoms with Gasteiger partial charge in [-0.1, -0.05) is 44.2 Å². The van der Waals surface area contributed by atoms with E-state index in [0.717, 1.165) is 22.4 Å². The average molecular weight is 659 g/mol. The average Bonchev–Trinajstić information content (AvgIpc) is 3.31. The molecule has 0 fully saturated rings. The smallest absolute Gasteiger partial charge is 0.409 e. The van der Waals surface area contributed by atoms with Gasteiger partial charge in [-0.05, 0) is 75.1 Å². The fourth-order valence-corrected chi connectivity index (χ4v) is 7.08. The summed E-state index contributed by atoms with van der Waals surface area (Å²) < 4.78 is 40.6. The van der Waals surface area contributed by atoms with Gasteiger partial charge in [0.15, 0.2) is 0 Å². The number of fused-ring (bicyclic) bond motifs is 1. The van der Waals surface area contributed by atoms with Crippen molar-refractivity contribution in [1.29, 1.82) is 0 Å². The quantitative estimate of drug-likeness (QED) is 0.144. The van der Waals surface area contributed by atoms with E-state index in [1.807, 2.05) is 65.0 Å². The first-order chi connectivity index (χ1) is 21.3. The predicted molar refractivity (Wildman–Crippen MR) is 179 cm³/mol. The summed E-state index contributed by atoms with van der Waals surface area (Å²) in [6.45, 7) is 14.2. The molecule has 1 atom stereocenters. The third-order valence-electron chi connectivity index (χ3n) is 8.01. The molecule has 6 N–H and O–H groups in total. The summed E-state index contributed by atoms with van der Waals surface area (Å²) in [6.07, 6.45) is 0.889. The van der Waals surface area contributed by atoms with Crippen LogP contribution in [0.1, 0.15) is 68.4 Å². The van der Waals surface area contributed by atoms with E-state index in [2.05, 4.69) is 15.0 Å². The summed E-state index contributed by atoms with van der Waals surface area (Å²) in [5, 5.41) is 2.86. The Morgan fingerprint density at radius 1 is 1.13 bits per heavy atom. The van der Waals surface area contributed by atoms with Crippen molar-refractivity contribution in [2.45, 2.75) is 90.9 Å². The van der Waals surface area contributed by atoms with E-state index in [9.17, 15) is 18.0 Å². The van der Waals surface area contributed by atoms with E-state index < -0.39 is 33.2 Å². The molecule has 13 heteroatoms. The highest BCUT2D eigenvalue weighted by molar-refractivity contribution is 7.90. The third-order valence-corrected chi connectivity index (χ3v) is 9.64. The number of nitrogens with zero attached hydrogens (tertiary/aromatic N) is 2. The van der Waals surface area contributed by atoms with Gasteiger partial charge in [0.2, 0.25) is 11.9 Å². The van der Waals surface area contributed by atoms with Crippen molar-refractivity contribution >= 4 is 28.0 Å². The van der Waals surface area contributed by atoms with Crippen molar-refractivity contribution in [1.82, 2.24) is 14.9 Å². The van der Waals surface area contributed by atoms with Gasteiger partial charge in [0, 0.05) is 38.7 Å². The molecular formula is C33H50N6O6S. The molecule has 2 aromatic carbocycles. The van der Waals surface area contributed by atoms with Gasteiger partial charge in [-0.3, -0.25) is 9.79 Å². The third kappa shape index (κ3) is 9.58. The zero-order chi connectivity index (χ0) is 34.4. The lowest BCUT2D eigenvalue weighted by Gasteiger charge is -2.30. The Bertz CT molecular complexity index is 1560. The summed E-state index contributed by atoms with van der Waals surface area (Å²) in [7, 11) is -2.35. The normalized spacial score (nSPS) is 15.0. The first-order valence-electron chi connectivity index (χ1n) is 15.4. The number of nitrogens with two attached hydrogens (primary N) is 2. The fourth-order valence-electron chi connectivity index (χ4n) is 5.56. The van der Waals surface area contributed by atoms with E-state index in [0.29, 0.717) is 43.5 Å². The van der Waals surface area contributed by atoms with Crippen molar-refractivity contribution in [2.24, 2.45) is 21.9 Å². The Morgan fingerprint density at radius 2 is 1.78 bits per heavy atom. The molecule has 0 saturated carbocycles. The predicted octanol–water partition coefficient (Wildman–Crippen LogP) is 3.44. The zero-order valence-electron chi connectivity index (χ0n) is 28.3. The van der Waals surface area contributed by atoms with E-state index in [1.165, 1.54) is 4.90 Å². The topological polar surface area (TPSA) is 178 Å². The Hall–Kier alpha value is -3.84. The van der Waals surface area contributed by atoms with Crippen LogP contribution in [0.5, 0.6) is 5.75 Å². The summed E-state index contributed by atoms with van der Waals surface area (Å²) >= 11 is 0. The first-order valence-corrected chi connectivity index (χ1v) is 16.9. The highest BCUT2D eigenvalue weighted by atomic mass is 32.2. The molecule has 1 heterocycles. The summed E-state index contributed by atoms with van der Waals surface area (Å²) in [6, 6.07) is 8.63. The number of ether oxygens (including phenoxy) is 2. The molecule has 0 saturated heterocycles. The molecule has 254 valence electrons. The van der Waals surface area contributed by atoms with Crippen molar-refractivity contribution in [3.63, 3.8) is 0 Å². The SMILES string of the molecule is Cc1c(C)c(S(=O)(=O)NC(N)=NCCC[C@H](N)C(=O)NCC(C)(C)CN(C)C(=O)OCc2ccccc2)c(C)c2c1OC(C)(C)C2. The Kier molecular flexibility index (Phi) is 11.7. The number of amides is 2. The van der Waals surface area contributed by atoms with Gasteiger partial charge in [-0.15, -0.1) is 0 Å². The monoisotopic (exact) mass is 658 g/mol. The zero-order valence-corrected chi connectivity index (χ0v) is 29.1. The van der Waals surface area contributed by atoms with Crippen molar-refractivity contribution < 1.29 is 27.5 Å². The molecule has 2 amide bonds. The maximum absolute atomic E-state index is 13.4. The van der Waals surface area contributed by atoms with Crippen molar-refractivity contribution in [2.75, 3.05) is 26.7 Å². The number of aliphatic imine (C=N–C) groups is 1. The molecule has 0 bridgehead atoms. The van der Waals surface area contributed by atoms with Crippen molar-refractivity contribution in [3.8, 4) is 5.75 Å². The fraction of sp³-hybridized carbons (Fsp3) is 0.545. The summed E-state index contributed by atoms with van der Waals surface area (Å²) in [5.74, 6) is 0.181. The number of rotatable bonds is 13. The minimum absolute atomic E-state index is 0.180. The van der Waals surface area contributed by atoms with Gasteiger partial charge in [0.25, 0.3) is 10.0 Å². The molecule has 0 aromatic heterocycles. The van der Waals surface area contributed by atoms with E-state index in [4.69, 9.17) is 20.9 Å². The molecule has 12 nitrogen and oxygen atoms in total. The lowest BCUT2D eigenvalue weighted by Crippen LogP contribution is -2.47. The second-order valence-electron chi connectivity index (χ2n) is 13.4. The van der Waals surface area contributed by atoms with Gasteiger partial charge in [-0.2, -0.15) is 0 Å². The minimum Gasteiger partial charge on any atom is -0.487 e. The largest absolute Gasteiger partial charge is 0.487 e. The molecular weight excluding hydrogens is 608 g/mol. The van der Waals surface area contributed by atoms with Crippen LogP contribution in [0, 0.1) is 26.2 Å². The second-order valence-corrected chi connectivity index (χ2v) is 15.1. The molecule has 0 aliphatic carbocycles. The molecule has 3 rings (SSSR count). The van der Waals surface area contributed by atoms with Crippen LogP contribution in [-0.2, 0) is 32.6 Å². The molecule has 0 spiro atoms. The highest BCUT2D eigenvalue weighted by Gasteiger charge is 2.36. The first kappa shape index (κ1) is 36.6.